The minimum atomic E-state index is -4.67. The highest BCUT2D eigenvalue weighted by Gasteiger charge is 2.36. The average molecular weight is 434 g/mol. The standard InChI is InChI=1S/C21H17F3N2O5/c1-12(18(28)25-16-9-5-4-8-15(16)21(22,23)24)31-17(27)10-11-26-19(29)13-6-2-3-7-14(13)20(26)30/h2-9,12H,10-11H2,1H3,(H,25,28). The molecule has 1 aliphatic rings. The number of rotatable bonds is 6. The van der Waals surface area contributed by atoms with E-state index in [2.05, 4.69) is 5.32 Å². The van der Waals surface area contributed by atoms with Crippen LogP contribution in [0.25, 0.3) is 0 Å². The van der Waals surface area contributed by atoms with E-state index >= 15 is 0 Å². The van der Waals surface area contributed by atoms with Crippen LogP contribution in [0.3, 0.4) is 0 Å². The molecule has 1 atom stereocenters. The lowest BCUT2D eigenvalue weighted by Crippen LogP contribution is -2.34. The van der Waals surface area contributed by atoms with E-state index in [0.717, 1.165) is 17.0 Å². The summed E-state index contributed by atoms with van der Waals surface area (Å²) in [6.45, 7) is 0.946. The fraction of sp³-hybridized carbons (Fsp3) is 0.238. The highest BCUT2D eigenvalue weighted by atomic mass is 19.4. The first-order valence-corrected chi connectivity index (χ1v) is 9.21. The van der Waals surface area contributed by atoms with E-state index in [0.29, 0.717) is 0 Å². The Balaban J connectivity index is 1.55. The molecule has 1 unspecified atom stereocenters. The van der Waals surface area contributed by atoms with Crippen LogP contribution in [-0.4, -0.2) is 41.2 Å². The Morgan fingerprint density at radius 2 is 1.55 bits per heavy atom. The number of halogens is 3. The fourth-order valence-electron chi connectivity index (χ4n) is 3.03. The number of esters is 1. The van der Waals surface area contributed by atoms with Gasteiger partial charge >= 0.3 is 12.1 Å². The first-order valence-electron chi connectivity index (χ1n) is 9.21. The fourth-order valence-corrected chi connectivity index (χ4v) is 3.03. The molecule has 0 saturated carbocycles. The summed E-state index contributed by atoms with van der Waals surface area (Å²) in [6.07, 6.45) is -6.44. The van der Waals surface area contributed by atoms with Crippen LogP contribution in [0.2, 0.25) is 0 Å². The molecule has 162 valence electrons. The molecule has 2 aromatic rings. The van der Waals surface area contributed by atoms with Crippen molar-refractivity contribution < 1.29 is 37.1 Å². The Labute approximate surface area is 174 Å². The van der Waals surface area contributed by atoms with Crippen LogP contribution in [0.1, 0.15) is 39.6 Å². The van der Waals surface area contributed by atoms with Gasteiger partial charge in [-0.25, -0.2) is 0 Å². The molecule has 3 rings (SSSR count). The zero-order chi connectivity index (χ0) is 22.8. The molecule has 10 heteroatoms. The van der Waals surface area contributed by atoms with Crippen LogP contribution >= 0.6 is 0 Å². The van der Waals surface area contributed by atoms with Gasteiger partial charge < -0.3 is 10.1 Å². The summed E-state index contributed by atoms with van der Waals surface area (Å²) < 4.78 is 44.0. The molecule has 0 bridgehead atoms. The van der Waals surface area contributed by atoms with Crippen molar-refractivity contribution in [3.8, 4) is 0 Å². The predicted molar refractivity (Wildman–Crippen MR) is 102 cm³/mol. The SMILES string of the molecule is CC(OC(=O)CCN1C(=O)c2ccccc2C1=O)C(=O)Nc1ccccc1C(F)(F)F. The van der Waals surface area contributed by atoms with E-state index in [-0.39, 0.29) is 24.1 Å². The van der Waals surface area contributed by atoms with Crippen LogP contribution in [0.15, 0.2) is 48.5 Å². The topological polar surface area (TPSA) is 92.8 Å². The number of fused-ring (bicyclic) bond motifs is 1. The van der Waals surface area contributed by atoms with Gasteiger partial charge in [-0.15, -0.1) is 0 Å². The summed E-state index contributed by atoms with van der Waals surface area (Å²) in [5.74, 6) is -2.92. The molecule has 0 aromatic heterocycles. The maximum Gasteiger partial charge on any atom is 0.418 e. The molecule has 0 fully saturated rings. The Morgan fingerprint density at radius 1 is 1.00 bits per heavy atom. The number of hydrogen-bond donors (Lipinski definition) is 1. The van der Waals surface area contributed by atoms with Gasteiger partial charge in [0.1, 0.15) is 0 Å². The summed E-state index contributed by atoms with van der Waals surface area (Å²) >= 11 is 0. The Hall–Kier alpha value is -3.69. The minimum absolute atomic E-state index is 0.233. The molecule has 3 amide bonds. The molecule has 1 aliphatic heterocycles. The molecule has 31 heavy (non-hydrogen) atoms. The number of hydrogen-bond acceptors (Lipinski definition) is 5. The number of ether oxygens (including phenoxy) is 1. The van der Waals surface area contributed by atoms with Gasteiger partial charge in [-0.3, -0.25) is 24.1 Å². The van der Waals surface area contributed by atoms with Gasteiger partial charge in [-0.05, 0) is 31.2 Å². The van der Waals surface area contributed by atoms with E-state index in [1.54, 1.807) is 12.1 Å². The minimum Gasteiger partial charge on any atom is -0.452 e. The van der Waals surface area contributed by atoms with Crippen molar-refractivity contribution in [2.24, 2.45) is 0 Å². The van der Waals surface area contributed by atoms with Crippen molar-refractivity contribution in [2.45, 2.75) is 25.6 Å². The van der Waals surface area contributed by atoms with Gasteiger partial charge in [0.05, 0.1) is 28.8 Å². The zero-order valence-corrected chi connectivity index (χ0v) is 16.2. The highest BCUT2D eigenvalue weighted by molar-refractivity contribution is 6.21. The summed E-state index contributed by atoms with van der Waals surface area (Å²) in [4.78, 5) is 49.6. The van der Waals surface area contributed by atoms with E-state index < -0.39 is 47.2 Å². The van der Waals surface area contributed by atoms with Crippen molar-refractivity contribution in [2.75, 3.05) is 11.9 Å². The van der Waals surface area contributed by atoms with Crippen LogP contribution in [-0.2, 0) is 20.5 Å². The van der Waals surface area contributed by atoms with Gasteiger partial charge in [-0.1, -0.05) is 24.3 Å². The van der Waals surface area contributed by atoms with Gasteiger partial charge in [0.2, 0.25) is 0 Å². The maximum atomic E-state index is 13.0. The number of carbonyl (C=O) groups is 4. The number of para-hydroxylation sites is 1. The van der Waals surface area contributed by atoms with Crippen LogP contribution in [0.5, 0.6) is 0 Å². The predicted octanol–water partition coefficient (Wildman–Crippen LogP) is 3.26. The number of nitrogens with one attached hydrogen (secondary N) is 1. The van der Waals surface area contributed by atoms with Crippen LogP contribution in [0.4, 0.5) is 18.9 Å². The molecule has 0 aliphatic carbocycles. The van der Waals surface area contributed by atoms with Crippen molar-refractivity contribution in [1.82, 2.24) is 4.90 Å². The van der Waals surface area contributed by atoms with Gasteiger partial charge in [-0.2, -0.15) is 13.2 Å². The first kappa shape index (κ1) is 22.0. The number of carbonyl (C=O) groups excluding carboxylic acids is 4. The molecule has 0 saturated heterocycles. The Bertz CT molecular complexity index is 1020. The molecule has 2 aromatic carbocycles. The number of imide groups is 1. The van der Waals surface area contributed by atoms with E-state index in [1.165, 1.54) is 31.2 Å². The van der Waals surface area contributed by atoms with Crippen LogP contribution < -0.4 is 5.32 Å². The second-order valence-corrected chi connectivity index (χ2v) is 6.72. The third kappa shape index (κ3) is 4.73. The van der Waals surface area contributed by atoms with Crippen molar-refractivity contribution >= 4 is 29.4 Å². The van der Waals surface area contributed by atoms with Crippen molar-refractivity contribution in [3.05, 3.63) is 65.2 Å². The molecule has 7 nitrogen and oxygen atoms in total. The second kappa shape index (κ2) is 8.58. The number of benzene rings is 2. The third-order valence-corrected chi connectivity index (χ3v) is 4.59. The third-order valence-electron chi connectivity index (χ3n) is 4.59. The summed E-state index contributed by atoms with van der Waals surface area (Å²) in [7, 11) is 0. The first-order chi connectivity index (χ1) is 14.6. The number of anilines is 1. The summed E-state index contributed by atoms with van der Waals surface area (Å²) in [5, 5.41) is 2.09. The van der Waals surface area contributed by atoms with Gasteiger partial charge in [0.15, 0.2) is 6.10 Å². The largest absolute Gasteiger partial charge is 0.452 e. The summed E-state index contributed by atoms with van der Waals surface area (Å²) in [6, 6.07) is 10.6. The van der Waals surface area contributed by atoms with Gasteiger partial charge in [0, 0.05) is 6.54 Å². The van der Waals surface area contributed by atoms with E-state index in [9.17, 15) is 32.3 Å². The molecule has 1 N–H and O–H groups in total. The average Bonchev–Trinajstić information content (AvgIpc) is 2.96. The number of nitrogens with zero attached hydrogens (tertiary/aromatic N) is 1. The van der Waals surface area contributed by atoms with Crippen LogP contribution in [0, 0.1) is 0 Å². The lowest BCUT2D eigenvalue weighted by molar-refractivity contribution is -0.153. The zero-order valence-electron chi connectivity index (χ0n) is 16.2. The Kier molecular flexibility index (Phi) is 6.09. The molecule has 0 radical (unpaired) electrons. The van der Waals surface area contributed by atoms with E-state index in [1.807, 2.05) is 0 Å². The summed E-state index contributed by atoms with van der Waals surface area (Å²) in [5.41, 5.74) is -1.03. The number of alkyl halides is 3. The molecule has 0 spiro atoms. The van der Waals surface area contributed by atoms with Crippen molar-refractivity contribution in [3.63, 3.8) is 0 Å². The Morgan fingerprint density at radius 3 is 2.13 bits per heavy atom. The number of amides is 3. The lowest BCUT2D eigenvalue weighted by Gasteiger charge is -2.17. The quantitative estimate of drug-likeness (QED) is 0.557. The molecule has 1 heterocycles. The highest BCUT2D eigenvalue weighted by Crippen LogP contribution is 2.34. The maximum absolute atomic E-state index is 13.0. The monoisotopic (exact) mass is 434 g/mol. The molecular weight excluding hydrogens is 417 g/mol. The van der Waals surface area contributed by atoms with E-state index in [4.69, 9.17) is 4.74 Å². The second-order valence-electron chi connectivity index (χ2n) is 6.72. The lowest BCUT2D eigenvalue weighted by atomic mass is 10.1. The van der Waals surface area contributed by atoms with Crippen molar-refractivity contribution in [1.29, 1.82) is 0 Å². The smallest absolute Gasteiger partial charge is 0.418 e. The van der Waals surface area contributed by atoms with Gasteiger partial charge in [0.25, 0.3) is 17.7 Å². The molecular formula is C21H17F3N2O5. The normalized spacial score (nSPS) is 14.3.